The lowest BCUT2D eigenvalue weighted by molar-refractivity contribution is -0.128. The van der Waals surface area contributed by atoms with Gasteiger partial charge in [0.25, 0.3) is 0 Å². The maximum Gasteiger partial charge on any atom is 0.231 e. The van der Waals surface area contributed by atoms with Gasteiger partial charge < -0.3 is 10.3 Å². The van der Waals surface area contributed by atoms with Crippen LogP contribution in [0, 0.1) is 6.92 Å². The summed E-state index contributed by atoms with van der Waals surface area (Å²) in [6, 6.07) is 9.10. The molecule has 1 aromatic heterocycles. The second-order valence-electron chi connectivity index (χ2n) is 6.51. The Balaban J connectivity index is 1.87. The Bertz CT molecular complexity index is 871. The van der Waals surface area contributed by atoms with E-state index in [2.05, 4.69) is 10.1 Å². The van der Waals surface area contributed by atoms with Gasteiger partial charge >= 0.3 is 0 Å². The van der Waals surface area contributed by atoms with Crippen LogP contribution in [0.1, 0.15) is 40.7 Å². The summed E-state index contributed by atoms with van der Waals surface area (Å²) in [7, 11) is 1.61. The van der Waals surface area contributed by atoms with Gasteiger partial charge in [-0.05, 0) is 25.0 Å². The number of nitrogens with two attached hydrogens (primary N) is 1. The highest BCUT2D eigenvalue weighted by Crippen LogP contribution is 2.33. The third-order valence-corrected chi connectivity index (χ3v) is 4.39. The smallest absolute Gasteiger partial charge is 0.231 e. The molecule has 2 aromatic rings. The van der Waals surface area contributed by atoms with E-state index in [1.54, 1.807) is 20.0 Å². The third kappa shape index (κ3) is 3.31. The van der Waals surface area contributed by atoms with Crippen LogP contribution in [-0.4, -0.2) is 34.8 Å². The fraction of sp³-hybridized carbons (Fsp3) is 0.333. The molecule has 1 aromatic carbocycles. The number of nitrogens with zero attached hydrogens (tertiary/aromatic N) is 3. The summed E-state index contributed by atoms with van der Waals surface area (Å²) < 4.78 is 5.02. The molecule has 0 spiro atoms. The minimum absolute atomic E-state index is 0.0892. The lowest BCUT2D eigenvalue weighted by atomic mass is 9.86. The number of aryl methyl sites for hydroxylation is 1. The summed E-state index contributed by atoms with van der Waals surface area (Å²) in [5.41, 5.74) is 7.45. The fourth-order valence-corrected chi connectivity index (χ4v) is 2.86. The van der Waals surface area contributed by atoms with E-state index in [-0.39, 0.29) is 36.3 Å². The Labute approximate surface area is 145 Å². The van der Waals surface area contributed by atoms with Gasteiger partial charge in [0, 0.05) is 19.5 Å². The number of aliphatic imine (C=N–C) groups is 1. The zero-order valence-corrected chi connectivity index (χ0v) is 14.4. The third-order valence-electron chi connectivity index (χ3n) is 4.39. The number of hydrogen-bond donors (Lipinski definition) is 1. The van der Waals surface area contributed by atoms with E-state index in [1.807, 2.05) is 31.2 Å². The van der Waals surface area contributed by atoms with Crippen molar-refractivity contribution in [3.05, 3.63) is 52.9 Å². The quantitative estimate of drug-likeness (QED) is 0.855. The van der Waals surface area contributed by atoms with Crippen LogP contribution in [0.4, 0.5) is 0 Å². The standard InChI is InChI=1S/C18H20N4O3/c1-11-7-15(25-21-11)14(23)9-12-5-4-6-13(8-12)18(2)10-16(24)22(3)17(19)20-18/h4-8H,9-10H2,1-3H3,(H2,19,20). The monoisotopic (exact) mass is 340 g/mol. The SMILES string of the molecule is Cc1cc(C(=O)Cc2cccc(C3(C)CC(=O)N(C)C(N)=N3)c2)on1. The van der Waals surface area contributed by atoms with Crippen LogP contribution in [0.5, 0.6) is 0 Å². The van der Waals surface area contributed by atoms with Gasteiger partial charge in [-0.2, -0.15) is 0 Å². The van der Waals surface area contributed by atoms with E-state index in [0.717, 1.165) is 11.1 Å². The lowest BCUT2D eigenvalue weighted by Crippen LogP contribution is -2.47. The van der Waals surface area contributed by atoms with Gasteiger partial charge in [0.05, 0.1) is 17.7 Å². The largest absolute Gasteiger partial charge is 0.369 e. The number of hydrogen-bond acceptors (Lipinski definition) is 6. The van der Waals surface area contributed by atoms with E-state index >= 15 is 0 Å². The van der Waals surface area contributed by atoms with Crippen LogP contribution in [-0.2, 0) is 16.8 Å². The van der Waals surface area contributed by atoms with Crippen LogP contribution in [0.2, 0.25) is 0 Å². The molecule has 25 heavy (non-hydrogen) atoms. The molecule has 0 fully saturated rings. The average Bonchev–Trinajstić information content (AvgIpc) is 2.99. The predicted octanol–water partition coefficient (Wildman–Crippen LogP) is 1.80. The maximum atomic E-state index is 12.3. The average molecular weight is 340 g/mol. The summed E-state index contributed by atoms with van der Waals surface area (Å²) in [6.07, 6.45) is 0.411. The van der Waals surface area contributed by atoms with E-state index in [0.29, 0.717) is 5.69 Å². The van der Waals surface area contributed by atoms with Crippen LogP contribution in [0.25, 0.3) is 0 Å². The summed E-state index contributed by atoms with van der Waals surface area (Å²) in [6.45, 7) is 3.63. The van der Waals surface area contributed by atoms with E-state index in [1.165, 1.54) is 4.90 Å². The fourth-order valence-electron chi connectivity index (χ4n) is 2.86. The molecular weight excluding hydrogens is 320 g/mol. The second kappa shape index (κ2) is 6.16. The Morgan fingerprint density at radius 2 is 2.16 bits per heavy atom. The number of carbonyl (C=O) groups is 2. The molecule has 0 aliphatic carbocycles. The van der Waals surface area contributed by atoms with Gasteiger partial charge in [0.15, 0.2) is 5.96 Å². The minimum Gasteiger partial charge on any atom is -0.369 e. The molecular formula is C18H20N4O3. The Hall–Kier alpha value is -2.96. The molecule has 0 radical (unpaired) electrons. The van der Waals surface area contributed by atoms with Gasteiger partial charge in [0.2, 0.25) is 17.5 Å². The van der Waals surface area contributed by atoms with Crippen molar-refractivity contribution in [2.24, 2.45) is 10.7 Å². The zero-order valence-electron chi connectivity index (χ0n) is 14.4. The first kappa shape index (κ1) is 16.9. The molecule has 1 amide bonds. The van der Waals surface area contributed by atoms with Crippen molar-refractivity contribution in [2.45, 2.75) is 32.2 Å². The molecule has 7 heteroatoms. The number of aromatic nitrogens is 1. The van der Waals surface area contributed by atoms with Crippen LogP contribution in [0.15, 0.2) is 39.8 Å². The first-order valence-electron chi connectivity index (χ1n) is 7.96. The minimum atomic E-state index is -0.741. The van der Waals surface area contributed by atoms with Gasteiger partial charge in [-0.1, -0.05) is 29.4 Å². The highest BCUT2D eigenvalue weighted by atomic mass is 16.5. The molecule has 2 heterocycles. The molecule has 1 atom stereocenters. The molecule has 0 saturated carbocycles. The lowest BCUT2D eigenvalue weighted by Gasteiger charge is -2.33. The summed E-state index contributed by atoms with van der Waals surface area (Å²) >= 11 is 0. The highest BCUT2D eigenvalue weighted by Gasteiger charge is 2.36. The number of ketones is 1. The molecule has 3 rings (SSSR count). The Kier molecular flexibility index (Phi) is 4.16. The molecule has 7 nitrogen and oxygen atoms in total. The molecule has 1 aliphatic rings. The number of Topliss-reactive ketones (excluding diaryl/α,β-unsaturated/α-hetero) is 1. The highest BCUT2D eigenvalue weighted by molar-refractivity contribution is 5.99. The van der Waals surface area contributed by atoms with Crippen LogP contribution < -0.4 is 5.73 Å². The van der Waals surface area contributed by atoms with Gasteiger partial charge in [0.1, 0.15) is 0 Å². The molecule has 0 saturated heterocycles. The van der Waals surface area contributed by atoms with Crippen LogP contribution >= 0.6 is 0 Å². The number of amides is 1. The second-order valence-corrected chi connectivity index (χ2v) is 6.51. The normalized spacial score (nSPS) is 20.5. The van der Waals surface area contributed by atoms with Crippen molar-refractivity contribution in [3.63, 3.8) is 0 Å². The number of carbonyl (C=O) groups excluding carboxylic acids is 2. The topological polar surface area (TPSA) is 102 Å². The van der Waals surface area contributed by atoms with Crippen molar-refractivity contribution in [1.29, 1.82) is 0 Å². The van der Waals surface area contributed by atoms with Crippen molar-refractivity contribution < 1.29 is 14.1 Å². The van der Waals surface area contributed by atoms with Crippen molar-refractivity contribution in [1.82, 2.24) is 10.1 Å². The summed E-state index contributed by atoms with van der Waals surface area (Å²) in [5, 5.41) is 3.74. The summed E-state index contributed by atoms with van der Waals surface area (Å²) in [4.78, 5) is 30.3. The van der Waals surface area contributed by atoms with E-state index in [4.69, 9.17) is 10.3 Å². The first-order valence-corrected chi connectivity index (χ1v) is 7.96. The van der Waals surface area contributed by atoms with Gasteiger partial charge in [-0.25, -0.2) is 4.99 Å². The Morgan fingerprint density at radius 1 is 1.40 bits per heavy atom. The van der Waals surface area contributed by atoms with E-state index in [9.17, 15) is 9.59 Å². The maximum absolute atomic E-state index is 12.3. The van der Waals surface area contributed by atoms with Crippen molar-refractivity contribution in [2.75, 3.05) is 7.05 Å². The molecule has 1 unspecified atom stereocenters. The molecule has 1 aliphatic heterocycles. The van der Waals surface area contributed by atoms with Crippen molar-refractivity contribution >= 4 is 17.6 Å². The zero-order chi connectivity index (χ0) is 18.2. The van der Waals surface area contributed by atoms with Crippen molar-refractivity contribution in [3.8, 4) is 0 Å². The van der Waals surface area contributed by atoms with Gasteiger partial charge in [-0.15, -0.1) is 0 Å². The first-order chi connectivity index (χ1) is 11.8. The molecule has 130 valence electrons. The van der Waals surface area contributed by atoms with E-state index < -0.39 is 5.54 Å². The molecule has 2 N–H and O–H groups in total. The number of rotatable bonds is 4. The number of guanidine groups is 1. The Morgan fingerprint density at radius 3 is 2.80 bits per heavy atom. The van der Waals surface area contributed by atoms with Crippen LogP contribution in [0.3, 0.4) is 0 Å². The number of benzene rings is 1. The summed E-state index contributed by atoms with van der Waals surface area (Å²) in [5.74, 6) is 0.196. The molecule has 0 bridgehead atoms. The predicted molar refractivity (Wildman–Crippen MR) is 92.1 cm³/mol. The van der Waals surface area contributed by atoms with Gasteiger partial charge in [-0.3, -0.25) is 14.5 Å².